The Morgan fingerprint density at radius 2 is 0.597 bits per heavy atom. The van der Waals surface area contributed by atoms with E-state index in [1.54, 1.807) is 0 Å². The third-order valence-electron chi connectivity index (χ3n) is 16.4. The van der Waals surface area contributed by atoms with Gasteiger partial charge in [0.15, 0.2) is 8.07 Å². The minimum Gasteiger partial charge on any atom is -0.457 e. The van der Waals surface area contributed by atoms with Gasteiger partial charge < -0.3 is 18.4 Å². The predicted octanol–water partition coefficient (Wildman–Crippen LogP) is 15.8. The Kier molecular flexibility index (Phi) is 9.62. The summed E-state index contributed by atoms with van der Waals surface area (Å²) < 4.78 is 14.5. The number of para-hydroxylation sites is 3. The summed E-state index contributed by atoms with van der Waals surface area (Å²) in [6.45, 7) is 0. The number of fused-ring (bicyclic) bond motifs is 11. The van der Waals surface area contributed by atoms with Gasteiger partial charge in [0.25, 0.3) is 0 Å². The second-order valence-corrected chi connectivity index (χ2v) is 24.1. The van der Waals surface area contributed by atoms with Crippen LogP contribution in [-0.4, -0.2) is 21.8 Å². The number of ether oxygens (including phenoxy) is 1. The second kappa shape index (κ2) is 17.0. The molecule has 0 spiro atoms. The van der Waals surface area contributed by atoms with E-state index in [1.807, 2.05) is 0 Å². The quantitative estimate of drug-likeness (QED) is 0.146. The zero-order valence-electron chi connectivity index (χ0n) is 41.9. The molecule has 0 N–H and O–H groups in total. The highest BCUT2D eigenvalue weighted by molar-refractivity contribution is 7.20. The van der Waals surface area contributed by atoms with E-state index >= 15 is 0 Å². The van der Waals surface area contributed by atoms with Crippen LogP contribution in [0.4, 0.5) is 0 Å². The lowest BCUT2D eigenvalue weighted by Crippen LogP contribution is -2.76. The summed E-state index contributed by atoms with van der Waals surface area (Å²) in [4.78, 5) is 0. The van der Waals surface area contributed by atoms with Crippen LogP contribution in [0.5, 0.6) is 11.5 Å². The van der Waals surface area contributed by atoms with Gasteiger partial charge in [-0.2, -0.15) is 0 Å². The van der Waals surface area contributed by atoms with Crippen molar-refractivity contribution in [1.82, 2.24) is 13.7 Å². The molecule has 0 unspecified atom stereocenters. The van der Waals surface area contributed by atoms with Gasteiger partial charge in [0.05, 0.1) is 33.1 Å². The molecule has 0 atom stereocenters. The highest BCUT2D eigenvalue weighted by Gasteiger charge is 2.48. The normalized spacial score (nSPS) is 12.9. The van der Waals surface area contributed by atoms with Crippen molar-refractivity contribution in [2.24, 2.45) is 0 Å². The minimum atomic E-state index is -2.84. The lowest BCUT2D eigenvalue weighted by atomic mass is 10.0. The summed E-state index contributed by atoms with van der Waals surface area (Å²) in [6, 6.07) is 105. The molecule has 77 heavy (non-hydrogen) atoms. The van der Waals surface area contributed by atoms with Crippen molar-refractivity contribution in [3.05, 3.63) is 285 Å². The molecule has 4 nitrogen and oxygen atoms in total. The van der Waals surface area contributed by atoms with Crippen molar-refractivity contribution in [2.75, 3.05) is 0 Å². The molecular weight excluding hydrogens is 951 g/mol. The van der Waals surface area contributed by atoms with Crippen LogP contribution in [0, 0.1) is 0 Å². The number of hydrogen-bond donors (Lipinski definition) is 0. The monoisotopic (exact) mass is 997 g/mol. The van der Waals surface area contributed by atoms with E-state index in [9.17, 15) is 0 Å². The van der Waals surface area contributed by atoms with Gasteiger partial charge in [-0.1, -0.05) is 194 Å². The summed E-state index contributed by atoms with van der Waals surface area (Å²) in [5.41, 5.74) is 15.0. The lowest BCUT2D eigenvalue weighted by molar-refractivity contribution is 0.487. The molecule has 0 saturated heterocycles. The first-order valence-corrected chi connectivity index (χ1v) is 28.5. The molecule has 5 heteroatoms. The molecule has 0 fully saturated rings. The number of benzene rings is 12. The van der Waals surface area contributed by atoms with Crippen LogP contribution in [0.25, 0.3) is 105 Å². The van der Waals surface area contributed by atoms with Crippen molar-refractivity contribution in [1.29, 1.82) is 0 Å². The largest absolute Gasteiger partial charge is 0.457 e. The van der Waals surface area contributed by atoms with E-state index in [0.717, 1.165) is 50.6 Å². The van der Waals surface area contributed by atoms with E-state index in [0.29, 0.717) is 0 Å². The van der Waals surface area contributed by atoms with Gasteiger partial charge in [0, 0.05) is 55.4 Å². The maximum absolute atomic E-state index is 7.13. The summed E-state index contributed by atoms with van der Waals surface area (Å²) in [7, 11) is -2.84. The summed E-state index contributed by atoms with van der Waals surface area (Å²) in [6.07, 6.45) is 0. The molecule has 1 aliphatic rings. The molecule has 3 aromatic heterocycles. The molecule has 12 aromatic carbocycles. The molecule has 0 amide bonds. The zero-order chi connectivity index (χ0) is 50.6. The molecule has 15 aromatic rings. The predicted molar refractivity (Wildman–Crippen MR) is 324 cm³/mol. The van der Waals surface area contributed by atoms with E-state index in [2.05, 4.69) is 299 Å². The number of rotatable bonds is 7. The van der Waals surface area contributed by atoms with Gasteiger partial charge in [0.1, 0.15) is 11.5 Å². The number of hydrogen-bond acceptors (Lipinski definition) is 1. The van der Waals surface area contributed by atoms with Crippen molar-refractivity contribution in [3.63, 3.8) is 0 Å². The standard InChI is InChI=1S/C72H47N3OSi/c1-5-19-48(20-6-1)50-33-38-65-59(43-50)60-44-51(49-21-7-2-8-22-49)34-39-66(60)74(65)53-36-41-68-62(46-53)61-45-52(73-63-29-15-13-27-57(63)58-28-14-16-30-64(58)73)35-40-67(61)75(68)54-37-42-72-70(47-54)76-69-31-17-18-32-71(69)77(72,55-23-9-3-10-24-55)56-25-11-4-12-26-56/h1-47H. The Morgan fingerprint density at radius 3 is 1.10 bits per heavy atom. The van der Waals surface area contributed by atoms with Gasteiger partial charge in [-0.15, -0.1) is 0 Å². The van der Waals surface area contributed by atoms with Gasteiger partial charge in [-0.3, -0.25) is 0 Å². The fraction of sp³-hybridized carbons (Fsp3) is 0. The fourth-order valence-electron chi connectivity index (χ4n) is 13.0. The van der Waals surface area contributed by atoms with Crippen LogP contribution in [0.1, 0.15) is 0 Å². The van der Waals surface area contributed by atoms with Gasteiger partial charge in [0.2, 0.25) is 0 Å². The van der Waals surface area contributed by atoms with Gasteiger partial charge in [-0.05, 0) is 128 Å². The van der Waals surface area contributed by atoms with Crippen LogP contribution in [0.2, 0.25) is 0 Å². The fourth-order valence-corrected chi connectivity index (χ4v) is 17.9. The molecule has 1 aliphatic heterocycles. The lowest BCUT2D eigenvalue weighted by Gasteiger charge is -2.39. The topological polar surface area (TPSA) is 24.0 Å². The molecule has 0 aliphatic carbocycles. The smallest absolute Gasteiger partial charge is 0.188 e. The van der Waals surface area contributed by atoms with E-state index < -0.39 is 8.07 Å². The van der Waals surface area contributed by atoms with E-state index in [1.165, 1.54) is 86.4 Å². The highest BCUT2D eigenvalue weighted by atomic mass is 28.3. The summed E-state index contributed by atoms with van der Waals surface area (Å²) >= 11 is 0. The van der Waals surface area contributed by atoms with Crippen molar-refractivity contribution < 1.29 is 4.74 Å². The van der Waals surface area contributed by atoms with E-state index in [-0.39, 0.29) is 0 Å². The number of nitrogens with zero attached hydrogens (tertiary/aromatic N) is 3. The maximum Gasteiger partial charge on any atom is 0.188 e. The van der Waals surface area contributed by atoms with Crippen LogP contribution < -0.4 is 25.5 Å². The zero-order valence-corrected chi connectivity index (χ0v) is 42.9. The first-order valence-electron chi connectivity index (χ1n) is 26.5. The molecular formula is C72H47N3OSi. The average Bonchev–Trinajstić information content (AvgIpc) is 4.28. The maximum atomic E-state index is 7.13. The van der Waals surface area contributed by atoms with Crippen molar-refractivity contribution >= 4 is 94.2 Å². The van der Waals surface area contributed by atoms with Crippen LogP contribution >= 0.6 is 0 Å². The van der Waals surface area contributed by atoms with Crippen LogP contribution in [-0.2, 0) is 0 Å². The third kappa shape index (κ3) is 6.51. The first-order chi connectivity index (χ1) is 38.2. The Labute approximate surface area is 446 Å². The Hall–Kier alpha value is -9.94. The van der Waals surface area contributed by atoms with Crippen molar-refractivity contribution in [2.45, 2.75) is 0 Å². The number of aromatic nitrogens is 3. The summed E-state index contributed by atoms with van der Waals surface area (Å²) in [5, 5.41) is 12.4. The Morgan fingerprint density at radius 1 is 0.234 bits per heavy atom. The minimum absolute atomic E-state index is 0.893. The Bertz CT molecular complexity index is 4630. The first kappa shape index (κ1) is 43.5. The molecule has 0 saturated carbocycles. The Balaban J connectivity index is 0.954. The van der Waals surface area contributed by atoms with Crippen LogP contribution in [0.15, 0.2) is 285 Å². The third-order valence-corrected chi connectivity index (χ3v) is 21.2. The van der Waals surface area contributed by atoms with Crippen LogP contribution in [0.3, 0.4) is 0 Å². The molecule has 0 radical (unpaired) electrons. The van der Waals surface area contributed by atoms with Gasteiger partial charge >= 0.3 is 0 Å². The van der Waals surface area contributed by atoms with Crippen molar-refractivity contribution in [3.8, 4) is 50.8 Å². The average molecular weight is 998 g/mol. The molecule has 4 heterocycles. The molecule has 0 bridgehead atoms. The molecule has 360 valence electrons. The second-order valence-electron chi connectivity index (χ2n) is 20.4. The highest BCUT2D eigenvalue weighted by Crippen LogP contribution is 2.42. The molecule has 16 rings (SSSR count). The SMILES string of the molecule is c1ccc(-c2ccc3c(c2)c2cc(-c4ccccc4)ccc2n3-c2ccc3c(c2)c2cc(-n4c5ccccc5c5ccccc54)ccc2n3-c2ccc3c(c2)Oc2ccccc2[Si]3(c2ccccc2)c2ccccc2)cc1. The summed E-state index contributed by atoms with van der Waals surface area (Å²) in [5.74, 6) is 1.81. The van der Waals surface area contributed by atoms with Gasteiger partial charge in [-0.25, -0.2) is 0 Å². The van der Waals surface area contributed by atoms with E-state index in [4.69, 9.17) is 4.74 Å².